The van der Waals surface area contributed by atoms with Gasteiger partial charge in [-0.3, -0.25) is 4.79 Å². The predicted molar refractivity (Wildman–Crippen MR) is 101 cm³/mol. The standard InChI is InChI=1S/C20H24O9/c1-7-13-19(14(21)8-2,26-15(22)9-3)20(27-16(23)10-4,28-17(24)11-5)29-18(25)12-6/h9-12H,3-8,13H2,1-2H3. The molecule has 0 spiro atoms. The minimum atomic E-state index is -3.11. The van der Waals surface area contributed by atoms with Gasteiger partial charge in [-0.1, -0.05) is 46.6 Å². The Morgan fingerprint density at radius 1 is 0.690 bits per heavy atom. The summed E-state index contributed by atoms with van der Waals surface area (Å²) >= 11 is 0. The van der Waals surface area contributed by atoms with Crippen LogP contribution < -0.4 is 0 Å². The van der Waals surface area contributed by atoms with Crippen LogP contribution in [0.25, 0.3) is 0 Å². The van der Waals surface area contributed by atoms with Crippen molar-refractivity contribution in [3.8, 4) is 0 Å². The molecule has 158 valence electrons. The van der Waals surface area contributed by atoms with Crippen molar-refractivity contribution in [3.05, 3.63) is 50.6 Å². The van der Waals surface area contributed by atoms with E-state index < -0.39 is 41.2 Å². The Morgan fingerprint density at radius 3 is 1.31 bits per heavy atom. The summed E-state index contributed by atoms with van der Waals surface area (Å²) < 4.78 is 20.4. The first-order chi connectivity index (χ1) is 13.6. The van der Waals surface area contributed by atoms with Crippen LogP contribution in [0.5, 0.6) is 0 Å². The average molecular weight is 408 g/mol. The summed E-state index contributed by atoms with van der Waals surface area (Å²) in [5.41, 5.74) is -2.54. The van der Waals surface area contributed by atoms with Crippen LogP contribution in [0.4, 0.5) is 0 Å². The molecule has 29 heavy (non-hydrogen) atoms. The third-order valence-corrected chi connectivity index (χ3v) is 3.51. The van der Waals surface area contributed by atoms with Crippen LogP contribution in [0.1, 0.15) is 33.1 Å². The number of ether oxygens (including phenoxy) is 4. The zero-order chi connectivity index (χ0) is 22.7. The van der Waals surface area contributed by atoms with Crippen molar-refractivity contribution in [2.75, 3.05) is 0 Å². The van der Waals surface area contributed by atoms with E-state index in [-0.39, 0.29) is 19.3 Å². The zero-order valence-electron chi connectivity index (χ0n) is 16.4. The Kier molecular flexibility index (Phi) is 10.0. The minimum Gasteiger partial charge on any atom is -0.435 e. The second-order valence-electron chi connectivity index (χ2n) is 5.41. The van der Waals surface area contributed by atoms with E-state index in [1.807, 2.05) is 0 Å². The predicted octanol–water partition coefficient (Wildman–Crippen LogP) is 2.07. The van der Waals surface area contributed by atoms with E-state index in [2.05, 4.69) is 26.3 Å². The number of hydrogen-bond acceptors (Lipinski definition) is 9. The summed E-state index contributed by atoms with van der Waals surface area (Å²) in [6.07, 6.45) is 2.27. The summed E-state index contributed by atoms with van der Waals surface area (Å²) in [4.78, 5) is 61.1. The molecule has 0 aliphatic rings. The highest BCUT2D eigenvalue weighted by Crippen LogP contribution is 2.40. The molecule has 0 N–H and O–H groups in total. The van der Waals surface area contributed by atoms with Crippen molar-refractivity contribution in [2.24, 2.45) is 0 Å². The molecule has 0 amide bonds. The van der Waals surface area contributed by atoms with Gasteiger partial charge in [0.2, 0.25) is 0 Å². The summed E-state index contributed by atoms with van der Waals surface area (Å²) in [6, 6.07) is 0. The van der Waals surface area contributed by atoms with E-state index in [4.69, 9.17) is 18.9 Å². The van der Waals surface area contributed by atoms with Crippen LogP contribution in [0.2, 0.25) is 0 Å². The van der Waals surface area contributed by atoms with Crippen molar-refractivity contribution in [1.82, 2.24) is 0 Å². The van der Waals surface area contributed by atoms with Crippen LogP contribution >= 0.6 is 0 Å². The number of carbonyl (C=O) groups excluding carboxylic acids is 5. The van der Waals surface area contributed by atoms with Crippen molar-refractivity contribution < 1.29 is 42.9 Å². The fourth-order valence-electron chi connectivity index (χ4n) is 2.32. The molecule has 1 unspecified atom stereocenters. The van der Waals surface area contributed by atoms with E-state index in [0.29, 0.717) is 18.2 Å². The lowest BCUT2D eigenvalue weighted by Crippen LogP contribution is -2.67. The van der Waals surface area contributed by atoms with Crippen molar-refractivity contribution in [1.29, 1.82) is 0 Å². The molecule has 0 aromatic rings. The second kappa shape index (κ2) is 11.4. The first-order valence-electron chi connectivity index (χ1n) is 8.56. The lowest BCUT2D eigenvalue weighted by atomic mass is 9.87. The topological polar surface area (TPSA) is 122 Å². The van der Waals surface area contributed by atoms with Crippen LogP contribution in [0.15, 0.2) is 50.6 Å². The van der Waals surface area contributed by atoms with Gasteiger partial charge in [0.15, 0.2) is 5.78 Å². The molecule has 0 fully saturated rings. The van der Waals surface area contributed by atoms with Crippen LogP contribution in [-0.4, -0.2) is 41.2 Å². The Bertz CT molecular complexity index is 664. The molecule has 9 nitrogen and oxygen atoms in total. The number of Topliss-reactive ketones (excluding diaryl/α,β-unsaturated/α-hetero) is 1. The Balaban J connectivity index is 7.15. The molecule has 0 aromatic carbocycles. The summed E-state index contributed by atoms with van der Waals surface area (Å²) in [5, 5.41) is 0. The van der Waals surface area contributed by atoms with Gasteiger partial charge in [-0.05, 0) is 0 Å². The third kappa shape index (κ3) is 6.00. The molecule has 0 saturated heterocycles. The Morgan fingerprint density at radius 2 is 1.03 bits per heavy atom. The SMILES string of the molecule is C=CC(=O)OC(OC(=O)C=C)(OC(=O)C=C)C(CCC)(OC(=O)C=C)C(=O)CC. The maximum atomic E-state index is 13.0. The van der Waals surface area contributed by atoms with Gasteiger partial charge >= 0.3 is 29.9 Å². The number of hydrogen-bond donors (Lipinski definition) is 0. The molecule has 0 heterocycles. The van der Waals surface area contributed by atoms with Crippen molar-refractivity contribution >= 4 is 29.7 Å². The molecule has 0 rings (SSSR count). The Labute approximate surface area is 168 Å². The van der Waals surface area contributed by atoms with Gasteiger partial charge in [0.25, 0.3) is 5.60 Å². The quantitative estimate of drug-likeness (QED) is 0.256. The molecule has 0 aliphatic carbocycles. The molecule has 1 atom stereocenters. The van der Waals surface area contributed by atoms with Gasteiger partial charge < -0.3 is 18.9 Å². The minimum absolute atomic E-state index is 0.154. The van der Waals surface area contributed by atoms with Gasteiger partial charge in [-0.15, -0.1) is 0 Å². The van der Waals surface area contributed by atoms with Gasteiger partial charge in [-0.2, -0.15) is 0 Å². The monoisotopic (exact) mass is 408 g/mol. The van der Waals surface area contributed by atoms with E-state index in [9.17, 15) is 24.0 Å². The molecular formula is C20H24O9. The van der Waals surface area contributed by atoms with Gasteiger partial charge in [0.05, 0.1) is 0 Å². The highest BCUT2D eigenvalue weighted by Gasteiger charge is 2.68. The largest absolute Gasteiger partial charge is 0.474 e. The number of carbonyl (C=O) groups is 5. The van der Waals surface area contributed by atoms with Gasteiger partial charge in [-0.25, -0.2) is 19.2 Å². The molecule has 0 aromatic heterocycles. The third-order valence-electron chi connectivity index (χ3n) is 3.51. The summed E-state index contributed by atoms with van der Waals surface area (Å²) in [5.74, 6) is -8.81. The molecule has 9 heteroatoms. The summed E-state index contributed by atoms with van der Waals surface area (Å²) in [7, 11) is 0. The maximum absolute atomic E-state index is 13.0. The van der Waals surface area contributed by atoms with E-state index in [1.165, 1.54) is 6.92 Å². The van der Waals surface area contributed by atoms with Crippen molar-refractivity contribution in [3.63, 3.8) is 0 Å². The zero-order valence-corrected chi connectivity index (χ0v) is 16.4. The Hall–Kier alpha value is -3.49. The smallest absolute Gasteiger partial charge is 0.435 e. The molecule has 0 aliphatic heterocycles. The fourth-order valence-corrected chi connectivity index (χ4v) is 2.32. The number of esters is 4. The van der Waals surface area contributed by atoms with Crippen molar-refractivity contribution in [2.45, 2.75) is 44.7 Å². The molecule has 0 radical (unpaired) electrons. The van der Waals surface area contributed by atoms with Gasteiger partial charge in [0, 0.05) is 37.1 Å². The van der Waals surface area contributed by atoms with Crippen LogP contribution in [0.3, 0.4) is 0 Å². The van der Waals surface area contributed by atoms with E-state index in [1.54, 1.807) is 6.92 Å². The van der Waals surface area contributed by atoms with Gasteiger partial charge in [0.1, 0.15) is 0 Å². The number of ketones is 1. The highest BCUT2D eigenvalue weighted by molar-refractivity contribution is 5.94. The lowest BCUT2D eigenvalue weighted by Gasteiger charge is -2.43. The molecule has 0 bridgehead atoms. The fraction of sp³-hybridized carbons (Fsp3) is 0.350. The molecule has 0 saturated carbocycles. The molecular weight excluding hydrogens is 384 g/mol. The summed E-state index contributed by atoms with van der Waals surface area (Å²) in [6.45, 7) is 15.9. The van der Waals surface area contributed by atoms with E-state index >= 15 is 0 Å². The normalized spacial score (nSPS) is 12.3. The highest BCUT2D eigenvalue weighted by atomic mass is 16.9. The average Bonchev–Trinajstić information content (AvgIpc) is 2.71. The van der Waals surface area contributed by atoms with Crippen LogP contribution in [0, 0.1) is 0 Å². The van der Waals surface area contributed by atoms with Crippen LogP contribution in [-0.2, 0) is 42.9 Å². The first kappa shape index (κ1) is 25.5. The lowest BCUT2D eigenvalue weighted by molar-refractivity contribution is -0.380. The van der Waals surface area contributed by atoms with E-state index in [0.717, 1.165) is 6.08 Å². The first-order valence-corrected chi connectivity index (χ1v) is 8.56. The maximum Gasteiger partial charge on any atom is 0.474 e. The second-order valence-corrected chi connectivity index (χ2v) is 5.41. The number of rotatable bonds is 13.